The molecule has 2 aliphatic heterocycles. The van der Waals surface area contributed by atoms with Gasteiger partial charge in [-0.25, -0.2) is 4.98 Å². The molecule has 2 unspecified atom stereocenters. The van der Waals surface area contributed by atoms with E-state index in [1.54, 1.807) is 0 Å². The molecule has 134 valence electrons. The molecule has 1 aromatic rings. The highest BCUT2D eigenvalue weighted by Crippen LogP contribution is 2.21. The lowest BCUT2D eigenvalue weighted by molar-refractivity contribution is 0.244. The van der Waals surface area contributed by atoms with Crippen LogP contribution in [0.2, 0.25) is 0 Å². The topological polar surface area (TPSA) is 44.3 Å². The van der Waals surface area contributed by atoms with Crippen LogP contribution in [0.1, 0.15) is 58.8 Å². The molecule has 24 heavy (non-hydrogen) atoms. The maximum absolute atomic E-state index is 4.79. The number of nitrogens with zero attached hydrogens (tertiary/aromatic N) is 4. The first-order chi connectivity index (χ1) is 11.8. The Morgan fingerprint density at radius 1 is 1.21 bits per heavy atom. The van der Waals surface area contributed by atoms with Crippen molar-refractivity contribution in [3.8, 4) is 0 Å². The quantitative estimate of drug-likeness (QED) is 0.864. The summed E-state index contributed by atoms with van der Waals surface area (Å²) in [5, 5.41) is 3.57. The Balaban J connectivity index is 1.57. The van der Waals surface area contributed by atoms with Crippen LogP contribution < -0.4 is 10.2 Å². The third-order valence-electron chi connectivity index (χ3n) is 5.45. The fourth-order valence-electron chi connectivity index (χ4n) is 3.98. The van der Waals surface area contributed by atoms with Crippen molar-refractivity contribution >= 4 is 11.8 Å². The van der Waals surface area contributed by atoms with Crippen LogP contribution in [0.15, 0.2) is 12.3 Å². The van der Waals surface area contributed by atoms with Crippen LogP contribution in [0.25, 0.3) is 0 Å². The summed E-state index contributed by atoms with van der Waals surface area (Å²) in [5.41, 5.74) is 0. The van der Waals surface area contributed by atoms with Gasteiger partial charge in [0.15, 0.2) is 0 Å². The molecule has 2 atom stereocenters. The molecule has 0 spiro atoms. The fourth-order valence-corrected chi connectivity index (χ4v) is 3.98. The molecule has 1 N–H and O–H groups in total. The summed E-state index contributed by atoms with van der Waals surface area (Å²) < 4.78 is 0. The van der Waals surface area contributed by atoms with Gasteiger partial charge < -0.3 is 10.2 Å². The molecule has 2 fully saturated rings. The van der Waals surface area contributed by atoms with Crippen molar-refractivity contribution in [2.24, 2.45) is 0 Å². The lowest BCUT2D eigenvalue weighted by Crippen LogP contribution is -2.33. The zero-order valence-electron chi connectivity index (χ0n) is 15.4. The highest BCUT2D eigenvalue weighted by Gasteiger charge is 2.26. The summed E-state index contributed by atoms with van der Waals surface area (Å²) in [5.74, 6) is 1.88. The van der Waals surface area contributed by atoms with Gasteiger partial charge >= 0.3 is 0 Å². The zero-order chi connectivity index (χ0) is 16.8. The van der Waals surface area contributed by atoms with Crippen molar-refractivity contribution in [1.29, 1.82) is 0 Å². The Kier molecular flexibility index (Phi) is 6.30. The standard InChI is InChI=1S/C19H33N5/c1-3-8-16(2)24-14-10-17(15-24)21-19-20-11-9-18(22-19)23-12-6-4-5-7-13-23/h9,11,16-17H,3-8,10,12-15H2,1-2H3,(H,20,21,22). The van der Waals surface area contributed by atoms with Crippen LogP contribution in [0, 0.1) is 0 Å². The normalized spacial score (nSPS) is 23.9. The van der Waals surface area contributed by atoms with Gasteiger partial charge in [-0.2, -0.15) is 4.98 Å². The van der Waals surface area contributed by atoms with E-state index >= 15 is 0 Å². The second kappa shape index (κ2) is 8.65. The first-order valence-corrected chi connectivity index (χ1v) is 9.85. The average Bonchev–Trinajstić information content (AvgIpc) is 2.89. The molecule has 0 radical (unpaired) electrons. The Morgan fingerprint density at radius 3 is 2.75 bits per heavy atom. The first-order valence-electron chi connectivity index (χ1n) is 9.85. The summed E-state index contributed by atoms with van der Waals surface area (Å²) in [7, 11) is 0. The molecule has 0 aliphatic carbocycles. The lowest BCUT2D eigenvalue weighted by Gasteiger charge is -2.24. The number of likely N-dealkylation sites (tertiary alicyclic amines) is 1. The van der Waals surface area contributed by atoms with Crippen LogP contribution in [-0.2, 0) is 0 Å². The Bertz CT molecular complexity index is 498. The van der Waals surface area contributed by atoms with Gasteiger partial charge in [-0.1, -0.05) is 26.2 Å². The second-order valence-corrected chi connectivity index (χ2v) is 7.40. The predicted molar refractivity (Wildman–Crippen MR) is 101 cm³/mol. The molecule has 5 heteroatoms. The molecule has 5 nitrogen and oxygen atoms in total. The smallest absolute Gasteiger partial charge is 0.224 e. The molecule has 1 aromatic heterocycles. The van der Waals surface area contributed by atoms with Crippen molar-refractivity contribution < 1.29 is 0 Å². The predicted octanol–water partition coefficient (Wildman–Crippen LogP) is 3.53. The highest BCUT2D eigenvalue weighted by molar-refractivity contribution is 5.43. The number of rotatable bonds is 6. The van der Waals surface area contributed by atoms with Gasteiger partial charge in [0, 0.05) is 44.5 Å². The molecule has 3 rings (SSSR count). The SMILES string of the molecule is CCCC(C)N1CCC(Nc2nccc(N3CCCCCC3)n2)C1. The first kappa shape index (κ1) is 17.5. The maximum atomic E-state index is 4.79. The van der Waals surface area contributed by atoms with Crippen molar-refractivity contribution in [3.05, 3.63) is 12.3 Å². The maximum Gasteiger partial charge on any atom is 0.224 e. The van der Waals surface area contributed by atoms with E-state index in [0.717, 1.165) is 31.4 Å². The van der Waals surface area contributed by atoms with Gasteiger partial charge in [-0.05, 0) is 38.7 Å². The lowest BCUT2D eigenvalue weighted by atomic mass is 10.2. The Morgan fingerprint density at radius 2 is 2.00 bits per heavy atom. The van der Waals surface area contributed by atoms with Gasteiger partial charge in [-0.15, -0.1) is 0 Å². The summed E-state index contributed by atoms with van der Waals surface area (Å²) in [6, 6.07) is 3.22. The number of hydrogen-bond donors (Lipinski definition) is 1. The minimum atomic E-state index is 0.476. The molecule has 0 amide bonds. The second-order valence-electron chi connectivity index (χ2n) is 7.40. The zero-order valence-corrected chi connectivity index (χ0v) is 15.4. The Hall–Kier alpha value is -1.36. The minimum absolute atomic E-state index is 0.476. The van der Waals surface area contributed by atoms with Crippen molar-refractivity contribution in [3.63, 3.8) is 0 Å². The summed E-state index contributed by atoms with van der Waals surface area (Å²) in [4.78, 5) is 14.3. The van der Waals surface area contributed by atoms with Crippen LogP contribution in [0.4, 0.5) is 11.8 Å². The molecule has 2 aliphatic rings. The van der Waals surface area contributed by atoms with Gasteiger partial charge in [0.25, 0.3) is 0 Å². The monoisotopic (exact) mass is 331 g/mol. The average molecular weight is 332 g/mol. The van der Waals surface area contributed by atoms with E-state index in [0.29, 0.717) is 12.1 Å². The fraction of sp³-hybridized carbons (Fsp3) is 0.789. The van der Waals surface area contributed by atoms with Gasteiger partial charge in [0.2, 0.25) is 5.95 Å². The minimum Gasteiger partial charge on any atom is -0.356 e. The summed E-state index contributed by atoms with van der Waals surface area (Å²) >= 11 is 0. The molecular formula is C19H33N5. The summed E-state index contributed by atoms with van der Waals surface area (Å²) in [6.45, 7) is 9.17. The van der Waals surface area contributed by atoms with Crippen molar-refractivity contribution in [2.75, 3.05) is 36.4 Å². The van der Waals surface area contributed by atoms with Crippen molar-refractivity contribution in [2.45, 2.75) is 70.9 Å². The molecule has 2 saturated heterocycles. The van der Waals surface area contributed by atoms with Crippen LogP contribution in [-0.4, -0.2) is 53.1 Å². The van der Waals surface area contributed by atoms with E-state index in [1.165, 1.54) is 51.5 Å². The van der Waals surface area contributed by atoms with Gasteiger partial charge in [-0.3, -0.25) is 4.90 Å². The number of anilines is 2. The highest BCUT2D eigenvalue weighted by atomic mass is 15.3. The van der Waals surface area contributed by atoms with Gasteiger partial charge in [0.1, 0.15) is 5.82 Å². The number of hydrogen-bond acceptors (Lipinski definition) is 5. The third kappa shape index (κ3) is 4.59. The van der Waals surface area contributed by atoms with Crippen LogP contribution in [0.5, 0.6) is 0 Å². The van der Waals surface area contributed by atoms with Crippen LogP contribution >= 0.6 is 0 Å². The number of nitrogens with one attached hydrogen (secondary N) is 1. The van der Waals surface area contributed by atoms with E-state index in [1.807, 2.05) is 6.20 Å². The molecule has 0 bridgehead atoms. The van der Waals surface area contributed by atoms with E-state index in [9.17, 15) is 0 Å². The number of aromatic nitrogens is 2. The Labute approximate surface area is 146 Å². The molecular weight excluding hydrogens is 298 g/mol. The molecule has 0 saturated carbocycles. The van der Waals surface area contributed by atoms with Crippen LogP contribution in [0.3, 0.4) is 0 Å². The summed E-state index contributed by atoms with van der Waals surface area (Å²) in [6.07, 6.45) is 10.9. The largest absolute Gasteiger partial charge is 0.356 e. The van der Waals surface area contributed by atoms with Gasteiger partial charge in [0.05, 0.1) is 0 Å². The van der Waals surface area contributed by atoms with E-state index in [2.05, 4.69) is 40.0 Å². The van der Waals surface area contributed by atoms with E-state index in [-0.39, 0.29) is 0 Å². The van der Waals surface area contributed by atoms with Crippen molar-refractivity contribution in [1.82, 2.24) is 14.9 Å². The molecule has 0 aromatic carbocycles. The van der Waals surface area contributed by atoms with E-state index in [4.69, 9.17) is 4.98 Å². The third-order valence-corrected chi connectivity index (χ3v) is 5.45. The van der Waals surface area contributed by atoms with E-state index < -0.39 is 0 Å². The molecule has 3 heterocycles.